The molecule has 2 N–H and O–H groups in total. The van der Waals surface area contributed by atoms with E-state index < -0.39 is 0 Å². The molecule has 4 nitrogen and oxygen atoms in total. The Hall–Kier alpha value is -1.76. The fraction of sp³-hybridized carbons (Fsp3) is 0.500. The van der Waals surface area contributed by atoms with Gasteiger partial charge in [0.15, 0.2) is 0 Å². The van der Waals surface area contributed by atoms with E-state index in [1.54, 1.807) is 0 Å². The Morgan fingerprint density at radius 1 is 1.56 bits per heavy atom. The molecule has 84 valence electrons. The van der Waals surface area contributed by atoms with Gasteiger partial charge >= 0.3 is 0 Å². The topological polar surface area (TPSA) is 55.0 Å². The summed E-state index contributed by atoms with van der Waals surface area (Å²) >= 11 is 0. The van der Waals surface area contributed by atoms with Crippen molar-refractivity contribution in [3.05, 3.63) is 11.8 Å². The van der Waals surface area contributed by atoms with Crippen molar-refractivity contribution in [1.29, 1.82) is 0 Å². The minimum Gasteiger partial charge on any atom is -0.368 e. The average Bonchev–Trinajstić information content (AvgIpc) is 2.99. The first-order chi connectivity index (χ1) is 7.69. The Balaban J connectivity index is 2.19. The molecule has 1 aromatic rings. The van der Waals surface area contributed by atoms with Crippen molar-refractivity contribution in [3.8, 4) is 12.3 Å². The maximum Gasteiger partial charge on any atom is 0.222 e. The molecule has 1 aliphatic carbocycles. The summed E-state index contributed by atoms with van der Waals surface area (Å²) in [5.74, 6) is 4.59. The van der Waals surface area contributed by atoms with Crippen LogP contribution in [0.4, 0.5) is 11.8 Å². The van der Waals surface area contributed by atoms with Crippen LogP contribution in [0.15, 0.2) is 6.07 Å². The van der Waals surface area contributed by atoms with Gasteiger partial charge in [-0.1, -0.05) is 5.92 Å². The third-order valence-corrected chi connectivity index (χ3v) is 2.64. The monoisotopic (exact) mass is 216 g/mol. The zero-order chi connectivity index (χ0) is 11.5. The van der Waals surface area contributed by atoms with Crippen LogP contribution in [0.3, 0.4) is 0 Å². The van der Waals surface area contributed by atoms with Crippen LogP contribution in [-0.2, 0) is 0 Å². The first kappa shape index (κ1) is 10.7. The Morgan fingerprint density at radius 3 is 2.88 bits per heavy atom. The fourth-order valence-corrected chi connectivity index (χ4v) is 1.70. The summed E-state index contributed by atoms with van der Waals surface area (Å²) in [6.45, 7) is 3.46. The molecular formula is C12H16N4. The smallest absolute Gasteiger partial charge is 0.222 e. The number of anilines is 2. The summed E-state index contributed by atoms with van der Waals surface area (Å²) in [6.07, 6.45) is 7.96. The Labute approximate surface area is 95.9 Å². The van der Waals surface area contributed by atoms with Crippen LogP contribution < -0.4 is 10.6 Å². The molecule has 0 amide bonds. The summed E-state index contributed by atoms with van der Waals surface area (Å²) in [5.41, 5.74) is 6.51. The lowest BCUT2D eigenvalue weighted by molar-refractivity contribution is 0.753. The van der Waals surface area contributed by atoms with Crippen LogP contribution in [0, 0.1) is 25.2 Å². The maximum absolute atomic E-state index is 5.64. The number of nitrogen functional groups attached to an aromatic ring is 1. The van der Waals surface area contributed by atoms with E-state index in [9.17, 15) is 0 Å². The van der Waals surface area contributed by atoms with E-state index in [-0.39, 0.29) is 0 Å². The SMILES string of the molecule is C#CCN(CC1CC1)c1cc(C)nc(N)n1. The highest BCUT2D eigenvalue weighted by Crippen LogP contribution is 2.31. The number of nitrogens with zero attached hydrogens (tertiary/aromatic N) is 3. The summed E-state index contributed by atoms with van der Waals surface area (Å²) in [7, 11) is 0. The van der Waals surface area contributed by atoms with Crippen molar-refractivity contribution in [2.45, 2.75) is 19.8 Å². The Kier molecular flexibility index (Phi) is 2.95. The molecule has 16 heavy (non-hydrogen) atoms. The van der Waals surface area contributed by atoms with Crippen LogP contribution in [0.25, 0.3) is 0 Å². The summed E-state index contributed by atoms with van der Waals surface area (Å²) < 4.78 is 0. The van der Waals surface area contributed by atoms with Crippen LogP contribution >= 0.6 is 0 Å². The molecular weight excluding hydrogens is 200 g/mol. The highest BCUT2D eigenvalue weighted by Gasteiger charge is 2.24. The standard InChI is InChI=1S/C12H16N4/c1-3-6-16(8-10-4-5-10)11-7-9(2)14-12(13)15-11/h1,7,10H,4-6,8H2,2H3,(H2,13,14,15). The van der Waals surface area contributed by atoms with Gasteiger partial charge in [0, 0.05) is 18.3 Å². The van der Waals surface area contributed by atoms with Crippen molar-refractivity contribution in [3.63, 3.8) is 0 Å². The van der Waals surface area contributed by atoms with E-state index >= 15 is 0 Å². The molecule has 1 saturated carbocycles. The van der Waals surface area contributed by atoms with E-state index in [2.05, 4.69) is 20.8 Å². The fourth-order valence-electron chi connectivity index (χ4n) is 1.70. The van der Waals surface area contributed by atoms with Crippen LogP contribution in [0.5, 0.6) is 0 Å². The minimum atomic E-state index is 0.313. The zero-order valence-electron chi connectivity index (χ0n) is 9.48. The van der Waals surface area contributed by atoms with Gasteiger partial charge in [-0.05, 0) is 25.7 Å². The normalized spacial score (nSPS) is 14.5. The van der Waals surface area contributed by atoms with E-state index in [1.807, 2.05) is 13.0 Å². The Morgan fingerprint density at radius 2 is 2.31 bits per heavy atom. The van der Waals surface area contributed by atoms with Gasteiger partial charge in [0.2, 0.25) is 5.95 Å². The van der Waals surface area contributed by atoms with Crippen LogP contribution in [0.2, 0.25) is 0 Å². The lowest BCUT2D eigenvalue weighted by atomic mass is 10.3. The van der Waals surface area contributed by atoms with Gasteiger partial charge in [-0.25, -0.2) is 4.98 Å². The Bertz CT molecular complexity index is 397. The van der Waals surface area contributed by atoms with E-state index in [0.717, 1.165) is 24.0 Å². The molecule has 1 aromatic heterocycles. The lowest BCUT2D eigenvalue weighted by Gasteiger charge is -2.21. The number of nitrogens with two attached hydrogens (primary N) is 1. The van der Waals surface area contributed by atoms with E-state index in [4.69, 9.17) is 12.2 Å². The molecule has 1 aliphatic rings. The average molecular weight is 216 g/mol. The minimum absolute atomic E-state index is 0.313. The summed E-state index contributed by atoms with van der Waals surface area (Å²) in [4.78, 5) is 10.4. The molecule has 1 fully saturated rings. The second-order valence-electron chi connectivity index (χ2n) is 4.25. The number of rotatable bonds is 4. The quantitative estimate of drug-likeness (QED) is 0.769. The van der Waals surface area contributed by atoms with Crippen molar-refractivity contribution in [1.82, 2.24) is 9.97 Å². The second kappa shape index (κ2) is 4.40. The molecule has 0 aliphatic heterocycles. The first-order valence-electron chi connectivity index (χ1n) is 5.48. The van der Waals surface area contributed by atoms with E-state index in [0.29, 0.717) is 12.5 Å². The molecule has 0 atom stereocenters. The number of terminal acetylenes is 1. The molecule has 0 spiro atoms. The maximum atomic E-state index is 5.64. The molecule has 2 rings (SSSR count). The molecule has 0 aromatic carbocycles. The predicted molar refractivity (Wildman–Crippen MR) is 65.0 cm³/mol. The lowest BCUT2D eigenvalue weighted by Crippen LogP contribution is -2.27. The largest absolute Gasteiger partial charge is 0.368 e. The molecule has 0 unspecified atom stereocenters. The van der Waals surface area contributed by atoms with Gasteiger partial charge in [-0.3, -0.25) is 0 Å². The highest BCUT2D eigenvalue weighted by molar-refractivity contribution is 5.44. The van der Waals surface area contributed by atoms with Crippen molar-refractivity contribution in [2.24, 2.45) is 5.92 Å². The highest BCUT2D eigenvalue weighted by atomic mass is 15.2. The summed E-state index contributed by atoms with van der Waals surface area (Å²) in [6, 6.07) is 1.93. The first-order valence-corrected chi connectivity index (χ1v) is 5.48. The molecule has 1 heterocycles. The van der Waals surface area contributed by atoms with Gasteiger partial charge in [0.1, 0.15) is 5.82 Å². The van der Waals surface area contributed by atoms with Gasteiger partial charge in [0.05, 0.1) is 6.54 Å². The molecule has 0 radical (unpaired) electrons. The molecule has 0 saturated heterocycles. The number of aromatic nitrogens is 2. The molecule has 0 bridgehead atoms. The number of hydrogen-bond acceptors (Lipinski definition) is 4. The van der Waals surface area contributed by atoms with Gasteiger partial charge in [-0.2, -0.15) is 4.98 Å². The van der Waals surface area contributed by atoms with Crippen LogP contribution in [0.1, 0.15) is 18.5 Å². The van der Waals surface area contributed by atoms with Crippen molar-refractivity contribution in [2.75, 3.05) is 23.7 Å². The van der Waals surface area contributed by atoms with Gasteiger partial charge in [-0.15, -0.1) is 6.42 Å². The third kappa shape index (κ3) is 2.63. The van der Waals surface area contributed by atoms with Gasteiger partial charge < -0.3 is 10.6 Å². The number of hydrogen-bond donors (Lipinski definition) is 1. The van der Waals surface area contributed by atoms with Crippen LogP contribution in [-0.4, -0.2) is 23.1 Å². The zero-order valence-corrected chi connectivity index (χ0v) is 9.48. The third-order valence-electron chi connectivity index (χ3n) is 2.64. The second-order valence-corrected chi connectivity index (χ2v) is 4.25. The van der Waals surface area contributed by atoms with Gasteiger partial charge in [0.25, 0.3) is 0 Å². The van der Waals surface area contributed by atoms with Crippen molar-refractivity contribution < 1.29 is 0 Å². The number of aryl methyl sites for hydroxylation is 1. The van der Waals surface area contributed by atoms with E-state index in [1.165, 1.54) is 12.8 Å². The molecule has 4 heteroatoms. The van der Waals surface area contributed by atoms with Crippen molar-refractivity contribution >= 4 is 11.8 Å². The predicted octanol–water partition coefficient (Wildman–Crippen LogP) is 1.22. The summed E-state index contributed by atoms with van der Waals surface area (Å²) in [5, 5.41) is 0.